The second kappa shape index (κ2) is 11.0. The van der Waals surface area contributed by atoms with E-state index in [0.29, 0.717) is 35.9 Å². The van der Waals surface area contributed by atoms with E-state index in [4.69, 9.17) is 18.6 Å². The first-order chi connectivity index (χ1) is 17.4. The topological polar surface area (TPSA) is 120 Å². The molecule has 0 radical (unpaired) electrons. The summed E-state index contributed by atoms with van der Waals surface area (Å²) in [6, 6.07) is 10.6. The third-order valence-electron chi connectivity index (χ3n) is 5.65. The number of fused-ring (bicyclic) bond motifs is 1. The molecule has 2 aromatic carbocycles. The summed E-state index contributed by atoms with van der Waals surface area (Å²) in [5.41, 5.74) is 2.75. The zero-order valence-electron chi connectivity index (χ0n) is 20.3. The molecule has 1 aromatic heterocycles. The van der Waals surface area contributed by atoms with Gasteiger partial charge in [0.05, 0.1) is 12.3 Å². The third-order valence-corrected chi connectivity index (χ3v) is 5.65. The maximum atomic E-state index is 12.9. The number of nitrogens with one attached hydrogen (secondary N) is 1. The standard InChI is InChI=1S/C26H27N3O7/c1-16-5-4-6-17(2)25(16)36-14-21(30)18-7-8-22-20(11-18)29(24(31)15-34-22)12-23-28-19(13-35-23)26(32)27-9-10-33-3/h4-8,11,13H,9-10,12,14-15H2,1-3H3,(H,27,32). The number of anilines is 1. The van der Waals surface area contributed by atoms with Crippen LogP contribution in [0.5, 0.6) is 11.5 Å². The lowest BCUT2D eigenvalue weighted by Crippen LogP contribution is -2.38. The van der Waals surface area contributed by atoms with Gasteiger partial charge >= 0.3 is 0 Å². The molecule has 0 aliphatic carbocycles. The zero-order valence-corrected chi connectivity index (χ0v) is 20.3. The summed E-state index contributed by atoms with van der Waals surface area (Å²) in [6.45, 7) is 4.19. The van der Waals surface area contributed by atoms with Crippen LogP contribution in [0.25, 0.3) is 0 Å². The number of ketones is 1. The van der Waals surface area contributed by atoms with Crippen molar-refractivity contribution in [3.05, 3.63) is 70.9 Å². The van der Waals surface area contributed by atoms with Gasteiger partial charge in [-0.3, -0.25) is 19.3 Å². The van der Waals surface area contributed by atoms with Crippen LogP contribution in [0.1, 0.15) is 37.9 Å². The Morgan fingerprint density at radius 2 is 1.94 bits per heavy atom. The summed E-state index contributed by atoms with van der Waals surface area (Å²) in [5, 5.41) is 2.66. The summed E-state index contributed by atoms with van der Waals surface area (Å²) >= 11 is 0. The summed E-state index contributed by atoms with van der Waals surface area (Å²) in [6.07, 6.45) is 1.23. The van der Waals surface area contributed by atoms with Gasteiger partial charge in [-0.15, -0.1) is 0 Å². The molecular formula is C26H27N3O7. The van der Waals surface area contributed by atoms with E-state index in [1.807, 2.05) is 32.0 Å². The van der Waals surface area contributed by atoms with Crippen LogP contribution in [-0.4, -0.2) is 56.1 Å². The van der Waals surface area contributed by atoms with Crippen molar-refractivity contribution < 1.29 is 33.0 Å². The molecule has 0 atom stereocenters. The van der Waals surface area contributed by atoms with Gasteiger partial charge in [0.1, 0.15) is 24.3 Å². The molecule has 0 unspecified atom stereocenters. The van der Waals surface area contributed by atoms with Gasteiger partial charge in [0, 0.05) is 19.2 Å². The van der Waals surface area contributed by atoms with Crippen molar-refractivity contribution in [2.24, 2.45) is 0 Å². The number of hydrogen-bond donors (Lipinski definition) is 1. The highest BCUT2D eigenvalue weighted by molar-refractivity contribution is 6.02. The third kappa shape index (κ3) is 5.55. The number of amides is 2. The van der Waals surface area contributed by atoms with Gasteiger partial charge < -0.3 is 23.9 Å². The number of rotatable bonds is 10. The molecule has 0 fully saturated rings. The van der Waals surface area contributed by atoms with E-state index in [2.05, 4.69) is 10.3 Å². The highest BCUT2D eigenvalue weighted by Gasteiger charge is 2.28. The molecule has 10 heteroatoms. The number of carbonyl (C=O) groups excluding carboxylic acids is 3. The van der Waals surface area contributed by atoms with E-state index in [1.165, 1.54) is 18.3 Å². The average molecular weight is 494 g/mol. The van der Waals surface area contributed by atoms with E-state index in [0.717, 1.165) is 11.1 Å². The minimum Gasteiger partial charge on any atom is -0.485 e. The number of carbonyl (C=O) groups is 3. The largest absolute Gasteiger partial charge is 0.485 e. The molecule has 2 heterocycles. The van der Waals surface area contributed by atoms with Crippen LogP contribution in [-0.2, 0) is 16.1 Å². The number of aromatic nitrogens is 1. The summed E-state index contributed by atoms with van der Waals surface area (Å²) in [7, 11) is 1.54. The second-order valence-corrected chi connectivity index (χ2v) is 8.26. The first-order valence-corrected chi connectivity index (χ1v) is 11.4. The van der Waals surface area contributed by atoms with E-state index in [1.54, 1.807) is 18.2 Å². The number of hydrogen-bond acceptors (Lipinski definition) is 8. The SMILES string of the molecule is COCCNC(=O)c1coc(CN2C(=O)COc3ccc(C(=O)COc4c(C)cccc4C)cc32)n1. The Morgan fingerprint density at radius 3 is 2.69 bits per heavy atom. The molecule has 36 heavy (non-hydrogen) atoms. The van der Waals surface area contributed by atoms with Crippen LogP contribution in [0.15, 0.2) is 47.1 Å². The van der Waals surface area contributed by atoms with Crippen LogP contribution < -0.4 is 19.7 Å². The molecule has 0 bridgehead atoms. The quantitative estimate of drug-likeness (QED) is 0.338. The molecule has 4 rings (SSSR count). The number of para-hydroxylation sites is 1. The molecule has 0 saturated carbocycles. The molecule has 2 amide bonds. The molecule has 1 aliphatic heterocycles. The maximum absolute atomic E-state index is 12.9. The molecule has 10 nitrogen and oxygen atoms in total. The van der Waals surface area contributed by atoms with Crippen molar-refractivity contribution in [3.63, 3.8) is 0 Å². The predicted molar refractivity (Wildman–Crippen MR) is 130 cm³/mol. The number of Topliss-reactive ketones (excluding diaryl/α,β-unsaturated/α-hetero) is 1. The van der Waals surface area contributed by atoms with Crippen molar-refractivity contribution in [2.75, 3.05) is 38.4 Å². The molecule has 188 valence electrons. The van der Waals surface area contributed by atoms with E-state index in [9.17, 15) is 14.4 Å². The van der Waals surface area contributed by atoms with Crippen LogP contribution in [0, 0.1) is 13.8 Å². The second-order valence-electron chi connectivity index (χ2n) is 8.26. The predicted octanol–water partition coefficient (Wildman–Crippen LogP) is 2.85. The van der Waals surface area contributed by atoms with Crippen molar-refractivity contribution in [2.45, 2.75) is 20.4 Å². The van der Waals surface area contributed by atoms with Crippen molar-refractivity contribution in [3.8, 4) is 11.5 Å². The fraction of sp³-hybridized carbons (Fsp3) is 0.308. The average Bonchev–Trinajstić information content (AvgIpc) is 3.34. The highest BCUT2D eigenvalue weighted by atomic mass is 16.5. The number of nitrogens with zero attached hydrogens (tertiary/aromatic N) is 2. The highest BCUT2D eigenvalue weighted by Crippen LogP contribution is 2.34. The van der Waals surface area contributed by atoms with Crippen LogP contribution in [0.4, 0.5) is 5.69 Å². The fourth-order valence-corrected chi connectivity index (χ4v) is 3.78. The van der Waals surface area contributed by atoms with Crippen molar-refractivity contribution in [1.82, 2.24) is 10.3 Å². The zero-order chi connectivity index (χ0) is 25.7. The number of benzene rings is 2. The number of methoxy groups -OCH3 is 1. The molecule has 3 aromatic rings. The minimum absolute atomic E-state index is 0.0307. The number of ether oxygens (including phenoxy) is 3. The number of aryl methyl sites for hydroxylation is 2. The summed E-state index contributed by atoms with van der Waals surface area (Å²) in [4.78, 5) is 43.4. The van der Waals surface area contributed by atoms with Gasteiger partial charge in [-0.25, -0.2) is 4.98 Å². The monoisotopic (exact) mass is 493 g/mol. The van der Waals surface area contributed by atoms with E-state index in [-0.39, 0.29) is 43.0 Å². The Balaban J connectivity index is 1.49. The van der Waals surface area contributed by atoms with Gasteiger partial charge in [0.25, 0.3) is 11.8 Å². The summed E-state index contributed by atoms with van der Waals surface area (Å²) in [5.74, 6) is 0.310. The van der Waals surface area contributed by atoms with Crippen molar-refractivity contribution >= 4 is 23.3 Å². The first kappa shape index (κ1) is 24.9. The minimum atomic E-state index is -0.410. The van der Waals surface area contributed by atoms with Crippen LogP contribution >= 0.6 is 0 Å². The van der Waals surface area contributed by atoms with Gasteiger partial charge in [0.2, 0.25) is 5.89 Å². The molecule has 1 N–H and O–H groups in total. The Morgan fingerprint density at radius 1 is 1.17 bits per heavy atom. The lowest BCUT2D eigenvalue weighted by atomic mass is 10.1. The number of oxazole rings is 1. The van der Waals surface area contributed by atoms with E-state index >= 15 is 0 Å². The first-order valence-electron chi connectivity index (χ1n) is 11.4. The lowest BCUT2D eigenvalue weighted by molar-refractivity contribution is -0.121. The van der Waals surface area contributed by atoms with E-state index < -0.39 is 5.91 Å². The molecule has 0 spiro atoms. The van der Waals surface area contributed by atoms with Crippen molar-refractivity contribution in [1.29, 1.82) is 0 Å². The van der Waals surface area contributed by atoms with Gasteiger partial charge in [0.15, 0.2) is 24.7 Å². The van der Waals surface area contributed by atoms with Crippen LogP contribution in [0.2, 0.25) is 0 Å². The molecule has 0 saturated heterocycles. The lowest BCUT2D eigenvalue weighted by Gasteiger charge is -2.28. The molecular weight excluding hydrogens is 466 g/mol. The maximum Gasteiger partial charge on any atom is 0.273 e. The van der Waals surface area contributed by atoms with Crippen LogP contribution in [0.3, 0.4) is 0 Å². The Bertz CT molecular complexity index is 1260. The fourth-order valence-electron chi connectivity index (χ4n) is 3.78. The van der Waals surface area contributed by atoms with Gasteiger partial charge in [-0.1, -0.05) is 18.2 Å². The summed E-state index contributed by atoms with van der Waals surface area (Å²) < 4.78 is 21.7. The Kier molecular flexibility index (Phi) is 7.65. The smallest absolute Gasteiger partial charge is 0.273 e. The Labute approximate surface area is 208 Å². The van der Waals surface area contributed by atoms with Gasteiger partial charge in [-0.05, 0) is 43.2 Å². The molecule has 1 aliphatic rings. The normalized spacial score (nSPS) is 12.6. The van der Waals surface area contributed by atoms with Gasteiger partial charge in [-0.2, -0.15) is 0 Å². The Hall–Kier alpha value is -4.18.